The van der Waals surface area contributed by atoms with Gasteiger partial charge in [-0.1, -0.05) is 0 Å². The molecule has 1 aromatic carbocycles. The van der Waals surface area contributed by atoms with Gasteiger partial charge in [-0.15, -0.1) is 0 Å². The van der Waals surface area contributed by atoms with Gasteiger partial charge in [-0.3, -0.25) is 4.79 Å². The van der Waals surface area contributed by atoms with Crippen LogP contribution in [0.1, 0.15) is 50.5 Å². The number of benzene rings is 1. The minimum atomic E-state index is -1.24. The van der Waals surface area contributed by atoms with Crippen LogP contribution in [-0.2, 0) is 4.74 Å². The number of carbonyl (C=O) groups excluding carboxylic acids is 2. The molecule has 0 aromatic heterocycles. The summed E-state index contributed by atoms with van der Waals surface area (Å²) >= 11 is 0. The summed E-state index contributed by atoms with van der Waals surface area (Å²) in [6.45, 7) is 9.79. The number of alkyl carbamates (subject to hydrolysis) is 1. The number of rotatable bonds is 3. The monoisotopic (exact) mass is 310 g/mol. The maximum Gasteiger partial charge on any atom is 0.408 e. The molecule has 0 heterocycles. The van der Waals surface area contributed by atoms with Crippen molar-refractivity contribution in [3.8, 4) is 0 Å². The van der Waals surface area contributed by atoms with Crippen LogP contribution >= 0.6 is 0 Å². The first kappa shape index (κ1) is 17.9. The summed E-state index contributed by atoms with van der Waals surface area (Å²) in [7, 11) is 0. The average Bonchev–Trinajstić information content (AvgIpc) is 2.29. The first-order valence-electron chi connectivity index (χ1n) is 6.95. The number of carbonyl (C=O) groups is 2. The van der Waals surface area contributed by atoms with Crippen LogP contribution in [0.25, 0.3) is 0 Å². The Balaban J connectivity index is 3.00. The number of amides is 1. The molecule has 0 saturated carbocycles. The van der Waals surface area contributed by atoms with Crippen LogP contribution in [0.2, 0.25) is 0 Å². The van der Waals surface area contributed by atoms with Gasteiger partial charge < -0.3 is 15.8 Å². The van der Waals surface area contributed by atoms with Gasteiger partial charge in [0, 0.05) is 11.3 Å². The standard InChI is InChI=1S/C16H23FN2O3/c1-9-7-10(12(18)8-11(9)17)13(20)16(5,6)19-14(21)22-15(2,3)4/h7-8H,18H2,1-6H3,(H,19,21). The normalized spacial score (nSPS) is 12.0. The third-order valence-corrected chi connectivity index (χ3v) is 2.96. The Kier molecular flexibility index (Phi) is 4.85. The number of nitrogen functional groups attached to an aromatic ring is 1. The Morgan fingerprint density at radius 2 is 1.73 bits per heavy atom. The van der Waals surface area contributed by atoms with Crippen LogP contribution in [0.15, 0.2) is 12.1 Å². The van der Waals surface area contributed by atoms with Crippen LogP contribution in [0, 0.1) is 12.7 Å². The molecule has 1 rings (SSSR count). The van der Waals surface area contributed by atoms with Crippen molar-refractivity contribution in [2.75, 3.05) is 5.73 Å². The van der Waals surface area contributed by atoms with Crippen molar-refractivity contribution in [2.45, 2.75) is 52.7 Å². The van der Waals surface area contributed by atoms with E-state index in [1.54, 1.807) is 27.7 Å². The lowest BCUT2D eigenvalue weighted by atomic mass is 9.91. The second kappa shape index (κ2) is 5.94. The fourth-order valence-corrected chi connectivity index (χ4v) is 1.85. The Morgan fingerprint density at radius 3 is 2.23 bits per heavy atom. The molecule has 0 saturated heterocycles. The first-order chi connectivity index (χ1) is 9.83. The summed E-state index contributed by atoms with van der Waals surface area (Å²) < 4.78 is 18.6. The number of halogens is 1. The van der Waals surface area contributed by atoms with E-state index in [1.807, 2.05) is 0 Å². The van der Waals surface area contributed by atoms with Gasteiger partial charge in [0.05, 0.1) is 0 Å². The molecular weight excluding hydrogens is 287 g/mol. The molecule has 5 nitrogen and oxygen atoms in total. The molecule has 0 fully saturated rings. The van der Waals surface area contributed by atoms with E-state index < -0.39 is 28.8 Å². The molecule has 0 atom stereocenters. The van der Waals surface area contributed by atoms with Crippen molar-refractivity contribution >= 4 is 17.6 Å². The van der Waals surface area contributed by atoms with Crippen LogP contribution in [0.3, 0.4) is 0 Å². The lowest BCUT2D eigenvalue weighted by Crippen LogP contribution is -2.51. The topological polar surface area (TPSA) is 81.4 Å². The largest absolute Gasteiger partial charge is 0.444 e. The molecule has 0 aliphatic carbocycles. The van der Waals surface area contributed by atoms with Crippen molar-refractivity contribution in [2.24, 2.45) is 0 Å². The summed E-state index contributed by atoms with van der Waals surface area (Å²) in [6.07, 6.45) is -0.705. The summed E-state index contributed by atoms with van der Waals surface area (Å²) in [4.78, 5) is 24.4. The van der Waals surface area contributed by atoms with Crippen molar-refractivity contribution in [3.05, 3.63) is 29.1 Å². The number of anilines is 1. The zero-order chi connectivity index (χ0) is 17.3. The summed E-state index contributed by atoms with van der Waals surface area (Å²) in [5.74, 6) is -0.897. The third kappa shape index (κ3) is 4.44. The number of aryl methyl sites for hydroxylation is 1. The van der Waals surface area contributed by atoms with Gasteiger partial charge >= 0.3 is 6.09 Å². The Labute approximate surface area is 130 Å². The molecule has 1 aromatic rings. The molecule has 0 spiro atoms. The molecule has 0 bridgehead atoms. The van der Waals surface area contributed by atoms with Gasteiger partial charge in [0.15, 0.2) is 5.78 Å². The molecule has 122 valence electrons. The van der Waals surface area contributed by atoms with E-state index in [9.17, 15) is 14.0 Å². The fraction of sp³-hybridized carbons (Fsp3) is 0.500. The SMILES string of the molecule is Cc1cc(C(=O)C(C)(C)NC(=O)OC(C)(C)C)c(N)cc1F. The second-order valence-electron chi connectivity index (χ2n) is 6.77. The molecular formula is C16H23FN2O3. The van der Waals surface area contributed by atoms with E-state index in [2.05, 4.69) is 5.32 Å². The minimum Gasteiger partial charge on any atom is -0.444 e. The number of nitrogens with two attached hydrogens (primary N) is 1. The average molecular weight is 310 g/mol. The lowest BCUT2D eigenvalue weighted by molar-refractivity contribution is 0.0454. The molecule has 1 amide bonds. The van der Waals surface area contributed by atoms with Crippen LogP contribution in [-0.4, -0.2) is 23.0 Å². The van der Waals surface area contributed by atoms with Gasteiger partial charge in [-0.2, -0.15) is 0 Å². The number of hydrogen-bond donors (Lipinski definition) is 2. The van der Waals surface area contributed by atoms with Gasteiger partial charge in [-0.05, 0) is 59.2 Å². The molecule has 0 unspecified atom stereocenters. The maximum atomic E-state index is 13.4. The van der Waals surface area contributed by atoms with Crippen LogP contribution in [0.5, 0.6) is 0 Å². The summed E-state index contributed by atoms with van der Waals surface area (Å²) in [6, 6.07) is 2.48. The summed E-state index contributed by atoms with van der Waals surface area (Å²) in [5, 5.41) is 2.51. The van der Waals surface area contributed by atoms with E-state index in [-0.39, 0.29) is 11.3 Å². The van der Waals surface area contributed by atoms with Crippen molar-refractivity contribution in [1.82, 2.24) is 5.32 Å². The number of nitrogens with one attached hydrogen (secondary N) is 1. The zero-order valence-corrected chi connectivity index (χ0v) is 13.8. The van der Waals surface area contributed by atoms with E-state index in [0.717, 1.165) is 6.07 Å². The second-order valence-corrected chi connectivity index (χ2v) is 6.77. The molecule has 22 heavy (non-hydrogen) atoms. The van der Waals surface area contributed by atoms with E-state index >= 15 is 0 Å². The molecule has 0 aliphatic heterocycles. The minimum absolute atomic E-state index is 0.0344. The lowest BCUT2D eigenvalue weighted by Gasteiger charge is -2.28. The van der Waals surface area contributed by atoms with Crippen molar-refractivity contribution in [3.63, 3.8) is 0 Å². The number of ether oxygens (including phenoxy) is 1. The molecule has 0 radical (unpaired) electrons. The maximum absolute atomic E-state index is 13.4. The number of Topliss-reactive ketones (excluding diaryl/α,β-unsaturated/α-hetero) is 1. The molecule has 0 aliphatic rings. The van der Waals surface area contributed by atoms with Crippen LogP contribution < -0.4 is 11.1 Å². The third-order valence-electron chi connectivity index (χ3n) is 2.96. The van der Waals surface area contributed by atoms with Crippen LogP contribution in [0.4, 0.5) is 14.9 Å². The van der Waals surface area contributed by atoms with Gasteiger partial charge in [0.25, 0.3) is 0 Å². The van der Waals surface area contributed by atoms with Gasteiger partial charge in [-0.25, -0.2) is 9.18 Å². The predicted octanol–water partition coefficient (Wildman–Crippen LogP) is 3.20. The fourth-order valence-electron chi connectivity index (χ4n) is 1.85. The van der Waals surface area contributed by atoms with Crippen molar-refractivity contribution in [1.29, 1.82) is 0 Å². The molecule has 3 N–H and O–H groups in total. The van der Waals surface area contributed by atoms with Crippen molar-refractivity contribution < 1.29 is 18.7 Å². The Morgan fingerprint density at radius 1 is 1.18 bits per heavy atom. The number of ketones is 1. The quantitative estimate of drug-likeness (QED) is 0.663. The number of hydrogen-bond acceptors (Lipinski definition) is 4. The predicted molar refractivity (Wildman–Crippen MR) is 83.3 cm³/mol. The Hall–Kier alpha value is -2.11. The van der Waals surface area contributed by atoms with Gasteiger partial charge in [0.1, 0.15) is 17.0 Å². The Bertz CT molecular complexity index is 604. The highest BCUT2D eigenvalue weighted by Gasteiger charge is 2.33. The van der Waals surface area contributed by atoms with E-state index in [1.165, 1.54) is 19.9 Å². The highest BCUT2D eigenvalue weighted by Crippen LogP contribution is 2.23. The van der Waals surface area contributed by atoms with E-state index in [0.29, 0.717) is 5.56 Å². The van der Waals surface area contributed by atoms with Gasteiger partial charge in [0.2, 0.25) is 0 Å². The van der Waals surface area contributed by atoms with E-state index in [4.69, 9.17) is 10.5 Å². The highest BCUT2D eigenvalue weighted by atomic mass is 19.1. The zero-order valence-electron chi connectivity index (χ0n) is 13.8. The summed E-state index contributed by atoms with van der Waals surface area (Å²) in [5.41, 5.74) is 4.32. The molecule has 6 heteroatoms. The first-order valence-corrected chi connectivity index (χ1v) is 6.95. The smallest absolute Gasteiger partial charge is 0.408 e. The highest BCUT2D eigenvalue weighted by molar-refractivity contribution is 6.07.